The topological polar surface area (TPSA) is 75.7 Å². The fourth-order valence-corrected chi connectivity index (χ4v) is 4.28. The number of likely N-dealkylation sites (tertiary alicyclic amines) is 1. The first kappa shape index (κ1) is 18.4. The Hall–Kier alpha value is -1.44. The highest BCUT2D eigenvalue weighted by Gasteiger charge is 2.44. The zero-order chi connectivity index (χ0) is 18.0. The number of carbonyl (C=O) groups excluding carboxylic acids is 1. The van der Waals surface area contributed by atoms with Gasteiger partial charge in [-0.3, -0.25) is 4.79 Å². The van der Waals surface area contributed by atoms with Gasteiger partial charge in [-0.15, -0.1) is 0 Å². The highest BCUT2D eigenvalue weighted by molar-refractivity contribution is 7.88. The molecule has 25 heavy (non-hydrogen) atoms. The number of hydrogen-bond donors (Lipinski definition) is 1. The third-order valence-corrected chi connectivity index (χ3v) is 5.96. The molecule has 2 saturated heterocycles. The van der Waals surface area contributed by atoms with Gasteiger partial charge in [-0.05, 0) is 24.5 Å². The van der Waals surface area contributed by atoms with Crippen molar-refractivity contribution in [2.24, 2.45) is 11.8 Å². The van der Waals surface area contributed by atoms with Gasteiger partial charge in [-0.2, -0.15) is 0 Å². The maximum Gasteiger partial charge on any atom is 0.223 e. The van der Waals surface area contributed by atoms with Gasteiger partial charge in [0.2, 0.25) is 15.9 Å². The number of hydrogen-bond acceptors (Lipinski definition) is 4. The van der Waals surface area contributed by atoms with Crippen molar-refractivity contribution in [1.29, 1.82) is 0 Å². The lowest BCUT2D eigenvalue weighted by Crippen LogP contribution is -2.35. The molecule has 0 unspecified atom stereocenters. The van der Waals surface area contributed by atoms with E-state index in [0.29, 0.717) is 32.7 Å². The summed E-state index contributed by atoms with van der Waals surface area (Å²) in [6.07, 6.45) is 2.44. The normalized spacial score (nSPS) is 26.0. The van der Waals surface area contributed by atoms with Crippen molar-refractivity contribution in [3.05, 3.63) is 35.4 Å². The summed E-state index contributed by atoms with van der Waals surface area (Å²) in [5.74, 6) is 0.502. The van der Waals surface area contributed by atoms with Crippen molar-refractivity contribution in [3.8, 4) is 0 Å². The Morgan fingerprint density at radius 2 is 2.08 bits per heavy atom. The zero-order valence-corrected chi connectivity index (χ0v) is 15.6. The summed E-state index contributed by atoms with van der Waals surface area (Å²) in [5, 5.41) is 0. The molecule has 0 spiro atoms. The van der Waals surface area contributed by atoms with E-state index >= 15 is 0 Å². The molecule has 2 aliphatic rings. The predicted octanol–water partition coefficient (Wildman–Crippen LogP) is 0.950. The number of sulfonamides is 1. The van der Waals surface area contributed by atoms with Gasteiger partial charge in [0.25, 0.3) is 0 Å². The van der Waals surface area contributed by atoms with Crippen molar-refractivity contribution in [1.82, 2.24) is 9.62 Å². The van der Waals surface area contributed by atoms with Crippen LogP contribution in [0, 0.1) is 18.8 Å². The number of benzene rings is 1. The maximum atomic E-state index is 12.5. The van der Waals surface area contributed by atoms with Crippen LogP contribution in [0.2, 0.25) is 0 Å². The van der Waals surface area contributed by atoms with Crippen LogP contribution in [0.25, 0.3) is 0 Å². The predicted molar refractivity (Wildman–Crippen MR) is 95.6 cm³/mol. The lowest BCUT2D eigenvalue weighted by Gasteiger charge is -2.20. The summed E-state index contributed by atoms with van der Waals surface area (Å²) in [6.45, 7) is 4.28. The SMILES string of the molecule is Cc1ccccc1CCC(=O)N1C[C@@H]2[C@H](CNS(C)(=O)=O)CO[C@@H]2C1. The van der Waals surface area contributed by atoms with E-state index in [1.807, 2.05) is 17.0 Å². The molecule has 2 fully saturated rings. The van der Waals surface area contributed by atoms with Gasteiger partial charge in [0, 0.05) is 37.9 Å². The minimum Gasteiger partial charge on any atom is -0.376 e. The van der Waals surface area contributed by atoms with Gasteiger partial charge in [-0.25, -0.2) is 13.1 Å². The van der Waals surface area contributed by atoms with E-state index in [0.717, 1.165) is 12.7 Å². The third-order valence-electron chi connectivity index (χ3n) is 5.27. The number of fused-ring (bicyclic) bond motifs is 1. The monoisotopic (exact) mass is 366 g/mol. The van der Waals surface area contributed by atoms with Crippen molar-refractivity contribution < 1.29 is 17.9 Å². The molecule has 3 rings (SSSR count). The van der Waals surface area contributed by atoms with Gasteiger partial charge in [0.15, 0.2) is 0 Å². The Kier molecular flexibility index (Phi) is 5.46. The van der Waals surface area contributed by atoms with Gasteiger partial charge < -0.3 is 9.64 Å². The number of carbonyl (C=O) groups is 1. The highest BCUT2D eigenvalue weighted by Crippen LogP contribution is 2.33. The first-order valence-electron chi connectivity index (χ1n) is 8.72. The number of aryl methyl sites for hydroxylation is 2. The van der Waals surface area contributed by atoms with Crippen molar-refractivity contribution in [3.63, 3.8) is 0 Å². The van der Waals surface area contributed by atoms with Crippen LogP contribution in [-0.2, 0) is 26.0 Å². The first-order chi connectivity index (χ1) is 11.8. The quantitative estimate of drug-likeness (QED) is 0.813. The fourth-order valence-electron chi connectivity index (χ4n) is 3.76. The van der Waals surface area contributed by atoms with Crippen LogP contribution < -0.4 is 4.72 Å². The molecule has 0 aromatic heterocycles. The van der Waals surface area contributed by atoms with E-state index in [1.54, 1.807) is 0 Å². The second kappa shape index (κ2) is 7.43. The van der Waals surface area contributed by atoms with Gasteiger partial charge in [0.05, 0.1) is 19.0 Å². The van der Waals surface area contributed by atoms with Crippen LogP contribution in [0.4, 0.5) is 0 Å². The molecule has 1 amide bonds. The average Bonchev–Trinajstić information content (AvgIpc) is 3.12. The summed E-state index contributed by atoms with van der Waals surface area (Å²) >= 11 is 0. The number of ether oxygens (including phenoxy) is 1. The summed E-state index contributed by atoms with van der Waals surface area (Å²) < 4.78 is 30.9. The highest BCUT2D eigenvalue weighted by atomic mass is 32.2. The smallest absolute Gasteiger partial charge is 0.223 e. The summed E-state index contributed by atoms with van der Waals surface area (Å²) in [6, 6.07) is 8.13. The number of nitrogens with one attached hydrogen (secondary N) is 1. The Balaban J connectivity index is 1.52. The molecular formula is C18H26N2O4S. The van der Waals surface area contributed by atoms with Crippen LogP contribution in [0.3, 0.4) is 0 Å². The van der Waals surface area contributed by atoms with Crippen LogP contribution >= 0.6 is 0 Å². The molecule has 3 atom stereocenters. The molecule has 1 N–H and O–H groups in total. The molecule has 2 aliphatic heterocycles. The van der Waals surface area contributed by atoms with E-state index in [2.05, 4.69) is 23.8 Å². The average molecular weight is 366 g/mol. The lowest BCUT2D eigenvalue weighted by molar-refractivity contribution is -0.130. The molecule has 138 valence electrons. The minimum atomic E-state index is -3.20. The Labute approximate surface area is 149 Å². The Morgan fingerprint density at radius 1 is 1.32 bits per heavy atom. The third kappa shape index (κ3) is 4.59. The molecule has 0 bridgehead atoms. The lowest BCUT2D eigenvalue weighted by atomic mass is 9.93. The fraction of sp³-hybridized carbons (Fsp3) is 0.611. The second-order valence-corrected chi connectivity index (χ2v) is 8.97. The van der Waals surface area contributed by atoms with Crippen LogP contribution in [-0.4, -0.2) is 57.8 Å². The largest absolute Gasteiger partial charge is 0.376 e. The van der Waals surface area contributed by atoms with Crippen LogP contribution in [0.5, 0.6) is 0 Å². The summed E-state index contributed by atoms with van der Waals surface area (Å²) in [5.41, 5.74) is 2.42. The zero-order valence-electron chi connectivity index (χ0n) is 14.8. The molecular weight excluding hydrogens is 340 g/mol. The number of nitrogens with zero attached hydrogens (tertiary/aromatic N) is 1. The standard InChI is InChI=1S/C18H26N2O4S/c1-13-5-3-4-6-14(13)7-8-18(21)20-10-16-15(9-19-25(2,22)23)12-24-17(16)11-20/h3-6,15-17,19H,7-12H2,1-2H3/t15-,16-,17-/m1/s1. The molecule has 0 aliphatic carbocycles. The van der Waals surface area contributed by atoms with Crippen LogP contribution in [0.15, 0.2) is 24.3 Å². The second-order valence-electron chi connectivity index (χ2n) is 7.14. The molecule has 1 aromatic carbocycles. The van der Waals surface area contributed by atoms with Crippen LogP contribution in [0.1, 0.15) is 17.5 Å². The molecule has 2 heterocycles. The van der Waals surface area contributed by atoms with Gasteiger partial charge in [-0.1, -0.05) is 24.3 Å². The molecule has 1 aromatic rings. The van der Waals surface area contributed by atoms with Crippen molar-refractivity contribution in [2.75, 3.05) is 32.5 Å². The number of rotatable bonds is 6. The number of amides is 1. The summed E-state index contributed by atoms with van der Waals surface area (Å²) in [7, 11) is -3.20. The Bertz CT molecular complexity index is 734. The molecule has 0 radical (unpaired) electrons. The molecule has 7 heteroatoms. The maximum absolute atomic E-state index is 12.5. The van der Waals surface area contributed by atoms with E-state index < -0.39 is 10.0 Å². The van der Waals surface area contributed by atoms with E-state index in [9.17, 15) is 13.2 Å². The van der Waals surface area contributed by atoms with Gasteiger partial charge >= 0.3 is 0 Å². The first-order valence-corrected chi connectivity index (χ1v) is 10.6. The Morgan fingerprint density at radius 3 is 2.80 bits per heavy atom. The van der Waals surface area contributed by atoms with Gasteiger partial charge in [0.1, 0.15) is 0 Å². The minimum absolute atomic E-state index is 0.0359. The summed E-state index contributed by atoms with van der Waals surface area (Å²) in [4.78, 5) is 14.4. The van der Waals surface area contributed by atoms with E-state index in [4.69, 9.17) is 4.74 Å². The van der Waals surface area contributed by atoms with E-state index in [-0.39, 0.29) is 23.8 Å². The van der Waals surface area contributed by atoms with E-state index in [1.165, 1.54) is 11.1 Å². The molecule has 6 nitrogen and oxygen atoms in total. The van der Waals surface area contributed by atoms with Crippen molar-refractivity contribution in [2.45, 2.75) is 25.9 Å². The van der Waals surface area contributed by atoms with Crippen molar-refractivity contribution >= 4 is 15.9 Å². The molecule has 0 saturated carbocycles.